The van der Waals surface area contributed by atoms with E-state index in [4.69, 9.17) is 0 Å². The SMILES string of the molecule is C[C@@H]1CCCN(S(=O)(=O)c2ccc(NC(=O)[C@@H]3C[C@@H]3C)cc2)C1. The summed E-state index contributed by atoms with van der Waals surface area (Å²) in [7, 11) is -3.43. The lowest BCUT2D eigenvalue weighted by Crippen LogP contribution is -2.39. The van der Waals surface area contributed by atoms with Crippen molar-refractivity contribution < 1.29 is 13.2 Å². The molecule has 1 aromatic carbocycles. The molecule has 6 heteroatoms. The molecule has 3 atom stereocenters. The number of rotatable bonds is 4. The molecule has 126 valence electrons. The Kier molecular flexibility index (Phi) is 4.47. The van der Waals surface area contributed by atoms with Gasteiger partial charge in [-0.15, -0.1) is 0 Å². The average Bonchev–Trinajstić information content (AvgIpc) is 3.25. The van der Waals surface area contributed by atoms with E-state index in [1.165, 1.54) is 0 Å². The van der Waals surface area contributed by atoms with Crippen molar-refractivity contribution >= 4 is 21.6 Å². The molecule has 3 rings (SSSR count). The maximum Gasteiger partial charge on any atom is 0.243 e. The monoisotopic (exact) mass is 336 g/mol. The van der Waals surface area contributed by atoms with Gasteiger partial charge in [0.1, 0.15) is 0 Å². The van der Waals surface area contributed by atoms with Crippen LogP contribution in [0.15, 0.2) is 29.2 Å². The van der Waals surface area contributed by atoms with Crippen molar-refractivity contribution in [3.8, 4) is 0 Å². The number of piperidine rings is 1. The molecule has 1 saturated carbocycles. The van der Waals surface area contributed by atoms with Gasteiger partial charge in [0.25, 0.3) is 0 Å². The van der Waals surface area contributed by atoms with Crippen molar-refractivity contribution in [2.75, 3.05) is 18.4 Å². The largest absolute Gasteiger partial charge is 0.326 e. The summed E-state index contributed by atoms with van der Waals surface area (Å²) in [5.41, 5.74) is 0.653. The molecular weight excluding hydrogens is 312 g/mol. The van der Waals surface area contributed by atoms with Crippen LogP contribution < -0.4 is 5.32 Å². The number of hydrogen-bond donors (Lipinski definition) is 1. The summed E-state index contributed by atoms with van der Waals surface area (Å²) in [6.45, 7) is 5.31. The summed E-state index contributed by atoms with van der Waals surface area (Å²) in [5, 5.41) is 2.85. The Morgan fingerprint density at radius 3 is 2.43 bits per heavy atom. The van der Waals surface area contributed by atoms with Crippen LogP contribution in [-0.2, 0) is 14.8 Å². The predicted octanol–water partition coefficient (Wildman–Crippen LogP) is 2.70. The van der Waals surface area contributed by atoms with E-state index in [2.05, 4.69) is 19.2 Å². The quantitative estimate of drug-likeness (QED) is 0.919. The van der Waals surface area contributed by atoms with Crippen LogP contribution in [0, 0.1) is 17.8 Å². The molecule has 1 saturated heterocycles. The topological polar surface area (TPSA) is 66.5 Å². The minimum atomic E-state index is -3.43. The molecule has 0 unspecified atom stereocenters. The van der Waals surface area contributed by atoms with Crippen molar-refractivity contribution in [1.82, 2.24) is 4.31 Å². The zero-order valence-electron chi connectivity index (χ0n) is 13.7. The molecule has 5 nitrogen and oxygen atoms in total. The molecule has 1 aliphatic heterocycles. The number of benzene rings is 1. The maximum atomic E-state index is 12.7. The van der Waals surface area contributed by atoms with E-state index in [0.717, 1.165) is 19.3 Å². The van der Waals surface area contributed by atoms with Gasteiger partial charge in [0.05, 0.1) is 4.90 Å². The highest BCUT2D eigenvalue weighted by molar-refractivity contribution is 7.89. The third-order valence-corrected chi connectivity index (χ3v) is 6.70. The van der Waals surface area contributed by atoms with Gasteiger partial charge in [-0.2, -0.15) is 4.31 Å². The van der Waals surface area contributed by atoms with Gasteiger partial charge >= 0.3 is 0 Å². The van der Waals surface area contributed by atoms with E-state index in [0.29, 0.717) is 35.5 Å². The second-order valence-electron chi connectivity index (χ2n) is 6.94. The van der Waals surface area contributed by atoms with E-state index in [1.807, 2.05) is 0 Å². The third kappa shape index (κ3) is 3.58. The van der Waals surface area contributed by atoms with Crippen LogP contribution in [0.4, 0.5) is 5.69 Å². The minimum Gasteiger partial charge on any atom is -0.326 e. The molecule has 2 aliphatic rings. The smallest absolute Gasteiger partial charge is 0.243 e. The van der Waals surface area contributed by atoms with Gasteiger partial charge in [0, 0.05) is 24.7 Å². The van der Waals surface area contributed by atoms with Gasteiger partial charge in [0.2, 0.25) is 15.9 Å². The first-order chi connectivity index (χ1) is 10.9. The number of nitrogens with zero attached hydrogens (tertiary/aromatic N) is 1. The molecule has 1 N–H and O–H groups in total. The van der Waals surface area contributed by atoms with Crippen LogP contribution >= 0.6 is 0 Å². The fourth-order valence-electron chi connectivity index (χ4n) is 3.15. The van der Waals surface area contributed by atoms with Crippen LogP contribution in [-0.4, -0.2) is 31.7 Å². The van der Waals surface area contributed by atoms with E-state index in [9.17, 15) is 13.2 Å². The molecule has 2 fully saturated rings. The molecule has 23 heavy (non-hydrogen) atoms. The summed E-state index contributed by atoms with van der Waals surface area (Å²) in [5.74, 6) is 0.986. The van der Waals surface area contributed by atoms with Gasteiger partial charge < -0.3 is 5.32 Å². The summed E-state index contributed by atoms with van der Waals surface area (Å²) in [6, 6.07) is 6.51. The van der Waals surface area contributed by atoms with Crippen molar-refractivity contribution in [1.29, 1.82) is 0 Å². The zero-order chi connectivity index (χ0) is 16.6. The number of nitrogens with one attached hydrogen (secondary N) is 1. The number of hydrogen-bond acceptors (Lipinski definition) is 3. The predicted molar refractivity (Wildman–Crippen MR) is 89.5 cm³/mol. The Bertz CT molecular complexity index is 684. The average molecular weight is 336 g/mol. The van der Waals surface area contributed by atoms with E-state index < -0.39 is 10.0 Å². The van der Waals surface area contributed by atoms with Crippen LogP contribution in [0.1, 0.15) is 33.1 Å². The lowest BCUT2D eigenvalue weighted by molar-refractivity contribution is -0.117. The number of carbonyl (C=O) groups is 1. The van der Waals surface area contributed by atoms with Gasteiger partial charge in [-0.3, -0.25) is 4.79 Å². The normalized spacial score (nSPS) is 28.3. The summed E-state index contributed by atoms with van der Waals surface area (Å²) >= 11 is 0. The minimum absolute atomic E-state index is 0.0259. The zero-order valence-corrected chi connectivity index (χ0v) is 14.5. The molecular formula is C17H24N2O3S. The molecule has 0 bridgehead atoms. The molecule has 1 amide bonds. The van der Waals surface area contributed by atoms with Crippen LogP contribution in [0.2, 0.25) is 0 Å². The number of sulfonamides is 1. The van der Waals surface area contributed by atoms with Gasteiger partial charge in [-0.05, 0) is 55.4 Å². The fraction of sp³-hybridized carbons (Fsp3) is 0.588. The first-order valence-electron chi connectivity index (χ1n) is 8.29. The third-order valence-electron chi connectivity index (χ3n) is 4.83. The first kappa shape index (κ1) is 16.5. The van der Waals surface area contributed by atoms with Gasteiger partial charge in [-0.1, -0.05) is 13.8 Å². The number of amides is 1. The summed E-state index contributed by atoms with van der Waals surface area (Å²) in [4.78, 5) is 12.2. The van der Waals surface area contributed by atoms with Gasteiger partial charge in [-0.25, -0.2) is 8.42 Å². The number of anilines is 1. The second kappa shape index (κ2) is 6.24. The Morgan fingerprint density at radius 1 is 1.22 bits per heavy atom. The molecule has 1 aromatic rings. The first-order valence-corrected chi connectivity index (χ1v) is 9.73. The molecule has 1 aliphatic carbocycles. The summed E-state index contributed by atoms with van der Waals surface area (Å²) in [6.07, 6.45) is 2.93. The fourth-order valence-corrected chi connectivity index (χ4v) is 4.74. The molecule has 1 heterocycles. The van der Waals surface area contributed by atoms with Crippen molar-refractivity contribution in [2.45, 2.75) is 38.0 Å². The maximum absolute atomic E-state index is 12.7. The van der Waals surface area contributed by atoms with Crippen molar-refractivity contribution in [3.63, 3.8) is 0 Å². The second-order valence-corrected chi connectivity index (χ2v) is 8.88. The standard InChI is InChI=1S/C17H24N2O3S/c1-12-4-3-9-19(11-12)23(21,22)15-7-5-14(6-8-15)18-17(20)16-10-13(16)2/h5-8,12-13,16H,3-4,9-11H2,1-2H3,(H,18,20)/t12-,13+,16-/m1/s1. The highest BCUT2D eigenvalue weighted by atomic mass is 32.2. The number of carbonyl (C=O) groups excluding carboxylic acids is 1. The van der Waals surface area contributed by atoms with Gasteiger partial charge in [0.15, 0.2) is 0 Å². The van der Waals surface area contributed by atoms with Crippen molar-refractivity contribution in [2.24, 2.45) is 17.8 Å². The lowest BCUT2D eigenvalue weighted by atomic mass is 10.0. The molecule has 0 spiro atoms. The highest BCUT2D eigenvalue weighted by Crippen LogP contribution is 2.38. The molecule has 0 aromatic heterocycles. The van der Waals surface area contributed by atoms with Crippen LogP contribution in [0.25, 0.3) is 0 Å². The Balaban J connectivity index is 1.69. The van der Waals surface area contributed by atoms with Crippen molar-refractivity contribution in [3.05, 3.63) is 24.3 Å². The Hall–Kier alpha value is -1.40. The Morgan fingerprint density at radius 2 is 1.87 bits per heavy atom. The van der Waals surface area contributed by atoms with E-state index >= 15 is 0 Å². The lowest BCUT2D eigenvalue weighted by Gasteiger charge is -2.30. The molecule has 0 radical (unpaired) electrons. The van der Waals surface area contributed by atoms with E-state index in [-0.39, 0.29) is 11.8 Å². The Labute approximate surface area is 138 Å². The summed E-state index contributed by atoms with van der Waals surface area (Å²) < 4.78 is 26.9. The van der Waals surface area contributed by atoms with Crippen LogP contribution in [0.5, 0.6) is 0 Å². The highest BCUT2D eigenvalue weighted by Gasteiger charge is 2.39. The van der Waals surface area contributed by atoms with Crippen LogP contribution in [0.3, 0.4) is 0 Å². The van der Waals surface area contributed by atoms with E-state index in [1.54, 1.807) is 28.6 Å².